The maximum absolute atomic E-state index is 5.51. The van der Waals surface area contributed by atoms with E-state index in [1.165, 1.54) is 6.33 Å². The van der Waals surface area contributed by atoms with Crippen LogP contribution in [0, 0.1) is 5.92 Å². The van der Waals surface area contributed by atoms with Gasteiger partial charge in [0.25, 0.3) is 0 Å². The first-order chi connectivity index (χ1) is 9.19. The standard InChI is InChI=1S/C13H24N4O2/c1-5-14-12-11(18-4)13(17-9-16-12)15-6-7-19-8-10(2)3/h9-10H,5-8H2,1-4H3,(H2,14,15,16,17). The van der Waals surface area contributed by atoms with Crippen molar-refractivity contribution >= 4 is 11.6 Å². The number of hydrogen-bond donors (Lipinski definition) is 2. The SMILES string of the molecule is CCNc1ncnc(NCCOCC(C)C)c1OC. The van der Waals surface area contributed by atoms with Crippen LogP contribution in [0.1, 0.15) is 20.8 Å². The summed E-state index contributed by atoms with van der Waals surface area (Å²) in [7, 11) is 1.61. The van der Waals surface area contributed by atoms with Crippen LogP contribution in [0.25, 0.3) is 0 Å². The van der Waals surface area contributed by atoms with Gasteiger partial charge in [0.15, 0.2) is 11.6 Å². The van der Waals surface area contributed by atoms with E-state index in [1.54, 1.807) is 7.11 Å². The lowest BCUT2D eigenvalue weighted by molar-refractivity contribution is 0.118. The van der Waals surface area contributed by atoms with E-state index in [4.69, 9.17) is 9.47 Å². The predicted octanol–water partition coefficient (Wildman–Crippen LogP) is 2.00. The van der Waals surface area contributed by atoms with Gasteiger partial charge in [-0.3, -0.25) is 0 Å². The highest BCUT2D eigenvalue weighted by atomic mass is 16.5. The molecule has 0 amide bonds. The first-order valence-corrected chi connectivity index (χ1v) is 6.63. The molecule has 6 nitrogen and oxygen atoms in total. The number of nitrogens with zero attached hydrogens (tertiary/aromatic N) is 2. The van der Waals surface area contributed by atoms with Gasteiger partial charge >= 0.3 is 0 Å². The van der Waals surface area contributed by atoms with Gasteiger partial charge < -0.3 is 20.1 Å². The molecule has 0 fully saturated rings. The molecule has 2 N–H and O–H groups in total. The highest BCUT2D eigenvalue weighted by Gasteiger charge is 2.10. The Kier molecular flexibility index (Phi) is 6.95. The highest BCUT2D eigenvalue weighted by Crippen LogP contribution is 2.28. The maximum Gasteiger partial charge on any atom is 0.204 e. The molecule has 1 aromatic rings. The van der Waals surface area contributed by atoms with Crippen LogP contribution in [0.2, 0.25) is 0 Å². The number of rotatable bonds is 9. The molecule has 19 heavy (non-hydrogen) atoms. The van der Waals surface area contributed by atoms with Gasteiger partial charge in [-0.1, -0.05) is 13.8 Å². The smallest absolute Gasteiger partial charge is 0.204 e. The largest absolute Gasteiger partial charge is 0.490 e. The van der Waals surface area contributed by atoms with Gasteiger partial charge in [0, 0.05) is 19.7 Å². The van der Waals surface area contributed by atoms with Crippen LogP contribution < -0.4 is 15.4 Å². The average molecular weight is 268 g/mol. The van der Waals surface area contributed by atoms with Crippen molar-refractivity contribution < 1.29 is 9.47 Å². The Morgan fingerprint density at radius 1 is 1.21 bits per heavy atom. The van der Waals surface area contributed by atoms with E-state index in [0.717, 1.165) is 13.2 Å². The Labute approximate surface area is 114 Å². The summed E-state index contributed by atoms with van der Waals surface area (Å²) in [6.07, 6.45) is 1.51. The van der Waals surface area contributed by atoms with Crippen LogP contribution in [0.5, 0.6) is 5.75 Å². The van der Waals surface area contributed by atoms with Gasteiger partial charge in [-0.05, 0) is 12.8 Å². The van der Waals surface area contributed by atoms with E-state index >= 15 is 0 Å². The van der Waals surface area contributed by atoms with Crippen molar-refractivity contribution in [1.29, 1.82) is 0 Å². The average Bonchev–Trinajstić information content (AvgIpc) is 2.38. The van der Waals surface area contributed by atoms with Crippen molar-refractivity contribution in [3.8, 4) is 5.75 Å². The van der Waals surface area contributed by atoms with Gasteiger partial charge in [0.05, 0.1) is 13.7 Å². The Hall–Kier alpha value is -1.56. The van der Waals surface area contributed by atoms with E-state index in [-0.39, 0.29) is 0 Å². The van der Waals surface area contributed by atoms with E-state index < -0.39 is 0 Å². The van der Waals surface area contributed by atoms with Crippen LogP contribution in [-0.4, -0.2) is 43.4 Å². The predicted molar refractivity (Wildman–Crippen MR) is 76.9 cm³/mol. The summed E-state index contributed by atoms with van der Waals surface area (Å²) < 4.78 is 10.8. The molecule has 1 aromatic heterocycles. The van der Waals surface area contributed by atoms with Crippen molar-refractivity contribution in [3.05, 3.63) is 6.33 Å². The summed E-state index contributed by atoms with van der Waals surface area (Å²) in [4.78, 5) is 8.33. The Bertz CT molecular complexity index is 372. The Morgan fingerprint density at radius 2 is 1.89 bits per heavy atom. The lowest BCUT2D eigenvalue weighted by atomic mass is 10.2. The molecular formula is C13H24N4O2. The number of aromatic nitrogens is 2. The summed E-state index contributed by atoms with van der Waals surface area (Å²) in [6, 6.07) is 0. The number of anilines is 2. The van der Waals surface area contributed by atoms with E-state index in [0.29, 0.717) is 36.5 Å². The van der Waals surface area contributed by atoms with Gasteiger partial charge in [0.1, 0.15) is 6.33 Å². The van der Waals surface area contributed by atoms with Gasteiger partial charge in [-0.15, -0.1) is 0 Å². The second kappa shape index (κ2) is 8.53. The second-order valence-corrected chi connectivity index (χ2v) is 4.53. The first-order valence-electron chi connectivity index (χ1n) is 6.63. The molecular weight excluding hydrogens is 244 g/mol. The number of methoxy groups -OCH3 is 1. The zero-order chi connectivity index (χ0) is 14.1. The summed E-state index contributed by atoms with van der Waals surface area (Å²) in [6.45, 7) is 9.14. The van der Waals surface area contributed by atoms with Crippen LogP contribution in [0.3, 0.4) is 0 Å². The van der Waals surface area contributed by atoms with E-state index in [9.17, 15) is 0 Å². The topological polar surface area (TPSA) is 68.3 Å². The molecule has 108 valence electrons. The molecule has 0 saturated heterocycles. The summed E-state index contributed by atoms with van der Waals surface area (Å²) in [5, 5.41) is 6.33. The molecule has 1 heterocycles. The zero-order valence-electron chi connectivity index (χ0n) is 12.2. The molecule has 0 bridgehead atoms. The molecule has 0 unspecified atom stereocenters. The summed E-state index contributed by atoms with van der Waals surface area (Å²) in [5.41, 5.74) is 0. The molecule has 0 atom stereocenters. The lowest BCUT2D eigenvalue weighted by Gasteiger charge is -2.13. The van der Waals surface area contributed by atoms with Crippen molar-refractivity contribution in [2.24, 2.45) is 5.92 Å². The zero-order valence-corrected chi connectivity index (χ0v) is 12.2. The molecule has 0 aliphatic carbocycles. The van der Waals surface area contributed by atoms with Gasteiger partial charge in [0.2, 0.25) is 5.75 Å². The fourth-order valence-electron chi connectivity index (χ4n) is 1.55. The molecule has 6 heteroatoms. The minimum atomic E-state index is 0.550. The van der Waals surface area contributed by atoms with Gasteiger partial charge in [-0.25, -0.2) is 9.97 Å². The third-order valence-electron chi connectivity index (χ3n) is 2.34. The fraction of sp³-hybridized carbons (Fsp3) is 0.692. The third-order valence-corrected chi connectivity index (χ3v) is 2.34. The molecule has 0 aliphatic rings. The minimum absolute atomic E-state index is 0.550. The number of hydrogen-bond acceptors (Lipinski definition) is 6. The molecule has 0 saturated carbocycles. The quantitative estimate of drug-likeness (QED) is 0.668. The molecule has 0 aliphatic heterocycles. The lowest BCUT2D eigenvalue weighted by Crippen LogP contribution is -2.14. The van der Waals surface area contributed by atoms with E-state index in [1.807, 2.05) is 6.92 Å². The fourth-order valence-corrected chi connectivity index (χ4v) is 1.55. The monoisotopic (exact) mass is 268 g/mol. The third kappa shape index (κ3) is 5.30. The van der Waals surface area contributed by atoms with E-state index in [2.05, 4.69) is 34.4 Å². The molecule has 0 spiro atoms. The summed E-state index contributed by atoms with van der Waals surface area (Å²) >= 11 is 0. The van der Waals surface area contributed by atoms with Gasteiger partial charge in [-0.2, -0.15) is 0 Å². The van der Waals surface area contributed by atoms with Crippen molar-refractivity contribution in [1.82, 2.24) is 9.97 Å². The van der Waals surface area contributed by atoms with Crippen LogP contribution in [0.4, 0.5) is 11.6 Å². The van der Waals surface area contributed by atoms with Crippen molar-refractivity contribution in [2.75, 3.05) is 44.0 Å². The summed E-state index contributed by atoms with van der Waals surface area (Å²) in [5.74, 6) is 2.56. The molecule has 0 aromatic carbocycles. The minimum Gasteiger partial charge on any atom is -0.490 e. The maximum atomic E-state index is 5.51. The van der Waals surface area contributed by atoms with Crippen LogP contribution >= 0.6 is 0 Å². The first kappa shape index (κ1) is 15.5. The van der Waals surface area contributed by atoms with Crippen molar-refractivity contribution in [3.63, 3.8) is 0 Å². The van der Waals surface area contributed by atoms with Crippen LogP contribution in [-0.2, 0) is 4.74 Å². The molecule has 1 rings (SSSR count). The van der Waals surface area contributed by atoms with Crippen molar-refractivity contribution in [2.45, 2.75) is 20.8 Å². The highest BCUT2D eigenvalue weighted by molar-refractivity contribution is 5.63. The number of ether oxygens (including phenoxy) is 2. The molecule has 0 radical (unpaired) electrons. The Balaban J connectivity index is 2.50. The van der Waals surface area contributed by atoms with Crippen LogP contribution in [0.15, 0.2) is 6.33 Å². The Morgan fingerprint density at radius 3 is 2.47 bits per heavy atom. The number of nitrogens with one attached hydrogen (secondary N) is 2. The second-order valence-electron chi connectivity index (χ2n) is 4.53. The normalized spacial score (nSPS) is 10.6.